The number of hydrogen-bond acceptors (Lipinski definition) is 3. The summed E-state index contributed by atoms with van der Waals surface area (Å²) < 4.78 is 11.7. The smallest absolute Gasteiger partial charge is 0.0893 e. The number of aliphatic hydroxyl groups is 1. The third kappa shape index (κ3) is 0.901. The molecule has 0 spiro atoms. The van der Waals surface area contributed by atoms with Crippen molar-refractivity contribution in [3.05, 3.63) is 0 Å². The highest BCUT2D eigenvalue weighted by atomic mass is 16.6. The number of aliphatic hydroxyl groups excluding tert-OH is 1. The zero-order valence-electron chi connectivity index (χ0n) is 8.01. The Morgan fingerprint density at radius 3 is 2.46 bits per heavy atom. The van der Waals surface area contributed by atoms with E-state index >= 15 is 0 Å². The summed E-state index contributed by atoms with van der Waals surface area (Å²) in [5.41, 5.74) is 0. The van der Waals surface area contributed by atoms with Gasteiger partial charge >= 0.3 is 0 Å². The zero-order valence-corrected chi connectivity index (χ0v) is 8.01. The molecular weight excluding hydrogens is 168 g/mol. The summed E-state index contributed by atoms with van der Waals surface area (Å²) in [4.78, 5) is 0. The van der Waals surface area contributed by atoms with Gasteiger partial charge in [0, 0.05) is 18.3 Å². The Morgan fingerprint density at radius 2 is 1.69 bits per heavy atom. The van der Waals surface area contributed by atoms with Gasteiger partial charge in [0.1, 0.15) is 0 Å². The molecule has 3 fully saturated rings. The minimum Gasteiger partial charge on any atom is -0.390 e. The summed E-state index contributed by atoms with van der Waals surface area (Å²) in [5, 5.41) is 9.77. The molecule has 3 heteroatoms. The predicted octanol–water partition coefficient (Wildman–Crippen LogP) is 0.558. The van der Waals surface area contributed by atoms with Crippen molar-refractivity contribution >= 4 is 0 Å². The van der Waals surface area contributed by atoms with E-state index in [0.29, 0.717) is 17.9 Å². The Bertz CT molecular complexity index is 228. The molecule has 0 aromatic carbocycles. The summed E-state index contributed by atoms with van der Waals surface area (Å²) in [6.07, 6.45) is 1.18. The van der Waals surface area contributed by atoms with E-state index in [4.69, 9.17) is 9.47 Å². The van der Waals surface area contributed by atoms with Gasteiger partial charge in [0.15, 0.2) is 0 Å². The first-order chi connectivity index (χ1) is 6.18. The van der Waals surface area contributed by atoms with Crippen LogP contribution in [0.25, 0.3) is 0 Å². The first kappa shape index (κ1) is 8.21. The minimum absolute atomic E-state index is 0.0185. The van der Waals surface area contributed by atoms with E-state index in [0.717, 1.165) is 6.42 Å². The van der Waals surface area contributed by atoms with Gasteiger partial charge < -0.3 is 14.6 Å². The first-order valence-corrected chi connectivity index (χ1v) is 5.17. The van der Waals surface area contributed by atoms with Crippen molar-refractivity contribution in [2.45, 2.75) is 50.8 Å². The van der Waals surface area contributed by atoms with Gasteiger partial charge in [0.2, 0.25) is 0 Å². The molecule has 3 nitrogen and oxygen atoms in total. The molecule has 3 heterocycles. The monoisotopic (exact) mass is 184 g/mol. The molecule has 0 saturated carbocycles. The topological polar surface area (TPSA) is 38.7 Å². The van der Waals surface area contributed by atoms with Gasteiger partial charge in [-0.25, -0.2) is 0 Å². The Balaban J connectivity index is 1.97. The number of hydrogen-bond donors (Lipinski definition) is 1. The summed E-state index contributed by atoms with van der Waals surface area (Å²) in [5.74, 6) is 0.845. The Morgan fingerprint density at radius 1 is 1.00 bits per heavy atom. The fourth-order valence-corrected chi connectivity index (χ4v) is 3.24. The maximum absolute atomic E-state index is 9.77. The van der Waals surface area contributed by atoms with Crippen molar-refractivity contribution in [2.24, 2.45) is 11.8 Å². The Labute approximate surface area is 78.0 Å². The van der Waals surface area contributed by atoms with Crippen molar-refractivity contribution in [1.29, 1.82) is 0 Å². The second kappa shape index (κ2) is 2.47. The third-order valence-electron chi connectivity index (χ3n) is 3.94. The zero-order chi connectivity index (χ0) is 9.16. The largest absolute Gasteiger partial charge is 0.390 e. The average molecular weight is 184 g/mol. The van der Waals surface area contributed by atoms with Crippen LogP contribution >= 0.6 is 0 Å². The van der Waals surface area contributed by atoms with Crippen molar-refractivity contribution in [3.63, 3.8) is 0 Å². The number of fused-ring (bicyclic) bond motifs is 2. The maximum Gasteiger partial charge on any atom is 0.0893 e. The fraction of sp³-hybridized carbons (Fsp3) is 1.00. The number of rotatable bonds is 0. The van der Waals surface area contributed by atoms with Gasteiger partial charge in [-0.15, -0.1) is 0 Å². The summed E-state index contributed by atoms with van der Waals surface area (Å²) in [7, 11) is 0. The average Bonchev–Trinajstić information content (AvgIpc) is 2.25. The van der Waals surface area contributed by atoms with Gasteiger partial charge in [-0.3, -0.25) is 0 Å². The van der Waals surface area contributed by atoms with Crippen molar-refractivity contribution in [2.75, 3.05) is 0 Å². The van der Waals surface area contributed by atoms with Gasteiger partial charge in [-0.05, 0) is 0 Å². The Hall–Kier alpha value is -0.120. The molecule has 0 amide bonds. The molecule has 0 aromatic rings. The van der Waals surface area contributed by atoms with Crippen LogP contribution in [0.15, 0.2) is 0 Å². The van der Waals surface area contributed by atoms with Gasteiger partial charge in [0.05, 0.1) is 30.5 Å². The van der Waals surface area contributed by atoms with Crippen LogP contribution in [0.4, 0.5) is 0 Å². The van der Waals surface area contributed by atoms with E-state index < -0.39 is 0 Å². The minimum atomic E-state index is -0.311. The fourth-order valence-electron chi connectivity index (χ4n) is 3.24. The summed E-state index contributed by atoms with van der Waals surface area (Å²) in [6, 6.07) is 0. The van der Waals surface area contributed by atoms with E-state index in [2.05, 4.69) is 13.8 Å². The maximum atomic E-state index is 9.77. The Kier molecular flexibility index (Phi) is 1.56. The molecule has 0 aliphatic carbocycles. The molecular formula is C10H16O3. The van der Waals surface area contributed by atoms with Crippen LogP contribution in [0.1, 0.15) is 20.3 Å². The van der Waals surface area contributed by atoms with E-state index in [9.17, 15) is 5.11 Å². The predicted molar refractivity (Wildman–Crippen MR) is 46.3 cm³/mol. The lowest BCUT2D eigenvalue weighted by molar-refractivity contribution is -0.169. The molecule has 74 valence electrons. The lowest BCUT2D eigenvalue weighted by Gasteiger charge is -2.42. The second-order valence-corrected chi connectivity index (χ2v) is 4.73. The lowest BCUT2D eigenvalue weighted by Crippen LogP contribution is -2.53. The van der Waals surface area contributed by atoms with E-state index in [-0.39, 0.29) is 24.4 Å². The third-order valence-corrected chi connectivity index (χ3v) is 3.94. The quantitative estimate of drug-likeness (QED) is 0.598. The van der Waals surface area contributed by atoms with Crippen molar-refractivity contribution < 1.29 is 14.6 Å². The van der Waals surface area contributed by atoms with Gasteiger partial charge in [-0.2, -0.15) is 0 Å². The first-order valence-electron chi connectivity index (χ1n) is 5.17. The van der Waals surface area contributed by atoms with Crippen LogP contribution < -0.4 is 0 Å². The van der Waals surface area contributed by atoms with E-state index in [1.54, 1.807) is 0 Å². The molecule has 0 radical (unpaired) electrons. The highest BCUT2D eigenvalue weighted by Gasteiger charge is 2.57. The van der Waals surface area contributed by atoms with E-state index in [1.165, 1.54) is 0 Å². The summed E-state index contributed by atoms with van der Waals surface area (Å²) >= 11 is 0. The highest BCUT2D eigenvalue weighted by molar-refractivity contribution is 5.04. The molecule has 3 saturated heterocycles. The van der Waals surface area contributed by atoms with Crippen molar-refractivity contribution in [3.8, 4) is 0 Å². The van der Waals surface area contributed by atoms with Gasteiger partial charge in [-0.1, -0.05) is 13.8 Å². The molecule has 0 aromatic heterocycles. The molecule has 13 heavy (non-hydrogen) atoms. The lowest BCUT2D eigenvalue weighted by atomic mass is 9.77. The molecule has 1 unspecified atom stereocenters. The number of ether oxygens (including phenoxy) is 2. The van der Waals surface area contributed by atoms with Crippen LogP contribution in [-0.4, -0.2) is 35.6 Å². The van der Waals surface area contributed by atoms with Crippen LogP contribution in [0.5, 0.6) is 0 Å². The normalized spacial score (nSPS) is 64.4. The van der Waals surface area contributed by atoms with Gasteiger partial charge in [0.25, 0.3) is 0 Å². The SMILES string of the molecule is C[C@@H]1[C@@H]2OC3C[C@H](O)[C@H](O[C@H]31)[C@H]2C. The standard InChI is InChI=1S/C10H16O3/c1-4-8-5(2)10-7(12-8)3-6(11)9(4)13-10/h4-11H,3H2,1-2H3/t4-,5+,6-,7?,8+,9+,10-/m0/s1. The molecule has 3 aliphatic heterocycles. The van der Waals surface area contributed by atoms with E-state index in [1.807, 2.05) is 0 Å². The van der Waals surface area contributed by atoms with Crippen molar-refractivity contribution in [1.82, 2.24) is 0 Å². The molecule has 3 aliphatic rings. The summed E-state index contributed by atoms with van der Waals surface area (Å²) in [6.45, 7) is 4.32. The van der Waals surface area contributed by atoms with Crippen LogP contribution in [0.3, 0.4) is 0 Å². The molecule has 3 bridgehead atoms. The molecule has 3 rings (SSSR count). The second-order valence-electron chi connectivity index (χ2n) is 4.73. The van der Waals surface area contributed by atoms with Crippen LogP contribution in [0, 0.1) is 11.8 Å². The van der Waals surface area contributed by atoms with Crippen LogP contribution in [0.2, 0.25) is 0 Å². The van der Waals surface area contributed by atoms with Crippen LogP contribution in [-0.2, 0) is 9.47 Å². The molecule has 1 N–H and O–H groups in total. The highest BCUT2D eigenvalue weighted by Crippen LogP contribution is 2.47. The molecule has 7 atom stereocenters.